The molecule has 0 fully saturated rings. The average Bonchev–Trinajstić information content (AvgIpc) is 2.01. The van der Waals surface area contributed by atoms with Crippen LogP contribution >= 0.6 is 0 Å². The van der Waals surface area contributed by atoms with Crippen LogP contribution in [0.15, 0.2) is 0 Å². The average molecular weight is 160 g/mol. The Bertz CT molecular complexity index is 144. The summed E-state index contributed by atoms with van der Waals surface area (Å²) >= 11 is 0. The van der Waals surface area contributed by atoms with Crippen LogP contribution in [0.5, 0.6) is 0 Å². The Morgan fingerprint density at radius 1 is 1.55 bits per heavy atom. The molecule has 66 valence electrons. The van der Waals surface area contributed by atoms with Crippen molar-refractivity contribution < 1.29 is 15.0 Å². The summed E-state index contributed by atoms with van der Waals surface area (Å²) in [5.41, 5.74) is -1.53. The molecule has 2 atom stereocenters. The topological polar surface area (TPSA) is 57.5 Å². The fourth-order valence-electron chi connectivity index (χ4n) is 1.05. The zero-order chi connectivity index (χ0) is 9.07. The molecule has 0 aromatic heterocycles. The lowest BCUT2D eigenvalue weighted by molar-refractivity contribution is -0.164. The van der Waals surface area contributed by atoms with E-state index in [0.717, 1.165) is 0 Å². The minimum atomic E-state index is -1.53. The van der Waals surface area contributed by atoms with Gasteiger partial charge in [0.15, 0.2) is 5.60 Å². The van der Waals surface area contributed by atoms with Crippen molar-refractivity contribution in [2.24, 2.45) is 5.92 Å². The summed E-state index contributed by atoms with van der Waals surface area (Å²) < 4.78 is 0. The Balaban J connectivity index is 4.45. The molecule has 0 radical (unpaired) electrons. The number of carboxylic acids is 1. The number of rotatable bonds is 4. The van der Waals surface area contributed by atoms with E-state index in [0.29, 0.717) is 6.42 Å². The van der Waals surface area contributed by atoms with Crippen molar-refractivity contribution in [2.75, 3.05) is 0 Å². The molecule has 0 aromatic carbocycles. The summed E-state index contributed by atoms with van der Waals surface area (Å²) in [4.78, 5) is 10.6. The van der Waals surface area contributed by atoms with E-state index in [1.54, 1.807) is 13.8 Å². The largest absolute Gasteiger partial charge is 0.479 e. The Kier molecular flexibility index (Phi) is 3.52. The van der Waals surface area contributed by atoms with Crippen molar-refractivity contribution in [3.8, 4) is 0 Å². The molecule has 0 aliphatic heterocycles. The zero-order valence-electron chi connectivity index (χ0n) is 7.29. The minimum Gasteiger partial charge on any atom is -0.479 e. The highest BCUT2D eigenvalue weighted by molar-refractivity contribution is 5.77. The summed E-state index contributed by atoms with van der Waals surface area (Å²) in [5, 5.41) is 18.3. The molecule has 2 unspecified atom stereocenters. The van der Waals surface area contributed by atoms with Gasteiger partial charge in [-0.1, -0.05) is 27.2 Å². The van der Waals surface area contributed by atoms with Crippen LogP contribution in [0.25, 0.3) is 0 Å². The predicted molar refractivity (Wildman–Crippen MR) is 42.3 cm³/mol. The van der Waals surface area contributed by atoms with Crippen molar-refractivity contribution in [1.82, 2.24) is 0 Å². The third-order valence-electron chi connectivity index (χ3n) is 2.34. The minimum absolute atomic E-state index is 0.190. The summed E-state index contributed by atoms with van der Waals surface area (Å²) in [6.07, 6.45) is 0.938. The van der Waals surface area contributed by atoms with Crippen LogP contribution in [0.1, 0.15) is 33.6 Å². The van der Waals surface area contributed by atoms with E-state index in [1.807, 2.05) is 6.92 Å². The van der Waals surface area contributed by atoms with Gasteiger partial charge < -0.3 is 10.2 Å². The molecule has 0 rings (SSSR count). The van der Waals surface area contributed by atoms with Crippen LogP contribution in [-0.2, 0) is 4.79 Å². The smallest absolute Gasteiger partial charge is 0.335 e. The molecule has 3 heteroatoms. The van der Waals surface area contributed by atoms with Crippen LogP contribution in [-0.4, -0.2) is 21.8 Å². The first-order valence-corrected chi connectivity index (χ1v) is 3.94. The van der Waals surface area contributed by atoms with Gasteiger partial charge in [-0.15, -0.1) is 0 Å². The van der Waals surface area contributed by atoms with Gasteiger partial charge in [-0.25, -0.2) is 4.79 Å². The molecule has 0 saturated carbocycles. The highest BCUT2D eigenvalue weighted by atomic mass is 16.4. The van der Waals surface area contributed by atoms with E-state index in [9.17, 15) is 9.90 Å². The third-order valence-corrected chi connectivity index (χ3v) is 2.34. The van der Waals surface area contributed by atoms with Crippen molar-refractivity contribution in [3.05, 3.63) is 0 Å². The second-order valence-electron chi connectivity index (χ2n) is 2.89. The molecular weight excluding hydrogens is 144 g/mol. The Hall–Kier alpha value is -0.570. The Morgan fingerprint density at radius 3 is 2.09 bits per heavy atom. The molecule has 0 aliphatic carbocycles. The molecule has 11 heavy (non-hydrogen) atoms. The van der Waals surface area contributed by atoms with Gasteiger partial charge in [0, 0.05) is 0 Å². The highest BCUT2D eigenvalue weighted by Crippen LogP contribution is 2.23. The van der Waals surface area contributed by atoms with Crippen molar-refractivity contribution >= 4 is 5.97 Å². The van der Waals surface area contributed by atoms with Gasteiger partial charge in [-0.2, -0.15) is 0 Å². The van der Waals surface area contributed by atoms with Gasteiger partial charge in [-0.3, -0.25) is 0 Å². The number of carbonyl (C=O) groups is 1. The maximum atomic E-state index is 10.6. The van der Waals surface area contributed by atoms with Gasteiger partial charge in [0.2, 0.25) is 0 Å². The monoisotopic (exact) mass is 160 g/mol. The Morgan fingerprint density at radius 2 is 2.00 bits per heavy atom. The zero-order valence-corrected chi connectivity index (χ0v) is 7.29. The van der Waals surface area contributed by atoms with Gasteiger partial charge in [0.05, 0.1) is 0 Å². The van der Waals surface area contributed by atoms with E-state index in [4.69, 9.17) is 5.11 Å². The summed E-state index contributed by atoms with van der Waals surface area (Å²) in [6, 6.07) is 0. The number of carboxylic acid groups (broad SMARTS) is 1. The molecule has 2 N–H and O–H groups in total. The maximum Gasteiger partial charge on any atom is 0.335 e. The molecule has 0 spiro atoms. The van der Waals surface area contributed by atoms with Crippen LogP contribution < -0.4 is 0 Å². The molecule has 0 heterocycles. The number of aliphatic hydroxyl groups is 1. The van der Waals surface area contributed by atoms with E-state index in [-0.39, 0.29) is 12.3 Å². The summed E-state index contributed by atoms with van der Waals surface area (Å²) in [5.74, 6) is -1.31. The fraction of sp³-hybridized carbons (Fsp3) is 0.875. The second kappa shape index (κ2) is 3.72. The van der Waals surface area contributed by atoms with E-state index < -0.39 is 11.6 Å². The highest BCUT2D eigenvalue weighted by Gasteiger charge is 2.38. The van der Waals surface area contributed by atoms with E-state index >= 15 is 0 Å². The molecule has 0 amide bonds. The molecule has 0 aromatic rings. The molecule has 0 bridgehead atoms. The van der Waals surface area contributed by atoms with E-state index in [2.05, 4.69) is 0 Å². The third kappa shape index (κ3) is 1.93. The first-order chi connectivity index (χ1) is 4.99. The maximum absolute atomic E-state index is 10.6. The standard InChI is InChI=1S/C8H16O3/c1-4-6(3)8(11,5-2)7(9)10/h6,11H,4-5H2,1-3H3,(H,9,10). The lowest BCUT2D eigenvalue weighted by Gasteiger charge is -2.27. The molecule has 0 aliphatic rings. The van der Waals surface area contributed by atoms with Crippen LogP contribution in [0, 0.1) is 5.92 Å². The van der Waals surface area contributed by atoms with Gasteiger partial charge in [0.25, 0.3) is 0 Å². The van der Waals surface area contributed by atoms with Gasteiger partial charge in [0.1, 0.15) is 0 Å². The number of hydrogen-bond acceptors (Lipinski definition) is 2. The first-order valence-electron chi connectivity index (χ1n) is 3.94. The lowest BCUT2D eigenvalue weighted by Crippen LogP contribution is -2.43. The van der Waals surface area contributed by atoms with Crippen molar-refractivity contribution in [2.45, 2.75) is 39.2 Å². The predicted octanol–water partition coefficient (Wildman–Crippen LogP) is 1.26. The van der Waals surface area contributed by atoms with Crippen molar-refractivity contribution in [3.63, 3.8) is 0 Å². The van der Waals surface area contributed by atoms with Crippen LogP contribution in [0.3, 0.4) is 0 Å². The normalized spacial score (nSPS) is 18.9. The molecule has 3 nitrogen and oxygen atoms in total. The van der Waals surface area contributed by atoms with E-state index in [1.165, 1.54) is 0 Å². The van der Waals surface area contributed by atoms with Crippen LogP contribution in [0.4, 0.5) is 0 Å². The summed E-state index contributed by atoms with van der Waals surface area (Å²) in [7, 11) is 0. The summed E-state index contributed by atoms with van der Waals surface area (Å²) in [6.45, 7) is 5.30. The second-order valence-corrected chi connectivity index (χ2v) is 2.89. The molecular formula is C8H16O3. The quantitative estimate of drug-likeness (QED) is 0.651. The lowest BCUT2D eigenvalue weighted by atomic mass is 9.85. The number of hydrogen-bond donors (Lipinski definition) is 2. The number of aliphatic carboxylic acids is 1. The first kappa shape index (κ1) is 10.4. The Labute approximate surface area is 67.0 Å². The van der Waals surface area contributed by atoms with Gasteiger partial charge >= 0.3 is 5.97 Å². The fourth-order valence-corrected chi connectivity index (χ4v) is 1.05. The van der Waals surface area contributed by atoms with Crippen molar-refractivity contribution in [1.29, 1.82) is 0 Å². The molecule has 0 saturated heterocycles. The SMILES string of the molecule is CCC(C)C(O)(CC)C(=O)O. The van der Waals surface area contributed by atoms with Crippen LogP contribution in [0.2, 0.25) is 0 Å². The van der Waals surface area contributed by atoms with Gasteiger partial charge in [-0.05, 0) is 12.3 Å².